The van der Waals surface area contributed by atoms with Gasteiger partial charge in [-0.1, -0.05) is 223 Å². The van der Waals surface area contributed by atoms with Crippen LogP contribution in [0.15, 0.2) is 48.6 Å². The van der Waals surface area contributed by atoms with Crippen LogP contribution in [0.4, 0.5) is 0 Å². The van der Waals surface area contributed by atoms with Crippen LogP contribution in [0.1, 0.15) is 251 Å². The van der Waals surface area contributed by atoms with Gasteiger partial charge in [-0.25, -0.2) is 0 Å². The minimum Gasteiger partial charge on any atom is -0.756 e. The van der Waals surface area contributed by atoms with E-state index in [1.807, 2.05) is 27.2 Å². The summed E-state index contributed by atoms with van der Waals surface area (Å²) >= 11 is 0. The summed E-state index contributed by atoms with van der Waals surface area (Å²) < 4.78 is 23.3. The molecule has 382 valence electrons. The van der Waals surface area contributed by atoms with Gasteiger partial charge in [0.15, 0.2) is 0 Å². The third kappa shape index (κ3) is 50.2. The number of nitrogens with zero attached hydrogens (tertiary/aromatic N) is 1. The number of carbonyl (C=O) groups is 1. The lowest BCUT2D eigenvalue weighted by atomic mass is 10.0. The summed E-state index contributed by atoms with van der Waals surface area (Å²) in [6.45, 7) is 4.63. The van der Waals surface area contributed by atoms with Crippen molar-refractivity contribution in [1.29, 1.82) is 0 Å². The number of hydrogen-bond donors (Lipinski definition) is 2. The zero-order valence-corrected chi connectivity index (χ0v) is 44.3. The third-order valence-corrected chi connectivity index (χ3v) is 13.2. The van der Waals surface area contributed by atoms with E-state index in [1.54, 1.807) is 6.08 Å². The Balaban J connectivity index is 4.32. The molecule has 0 aromatic carbocycles. The number of phosphoric ester groups is 1. The summed E-state index contributed by atoms with van der Waals surface area (Å²) in [5, 5.41) is 13.8. The van der Waals surface area contributed by atoms with Gasteiger partial charge >= 0.3 is 0 Å². The van der Waals surface area contributed by atoms with Gasteiger partial charge in [-0.15, -0.1) is 0 Å². The summed E-state index contributed by atoms with van der Waals surface area (Å²) in [7, 11) is 1.23. The molecule has 0 heterocycles. The average Bonchev–Trinajstić information content (AvgIpc) is 3.26. The molecule has 0 aliphatic heterocycles. The number of aliphatic hydroxyl groups is 1. The molecule has 0 aromatic rings. The van der Waals surface area contributed by atoms with E-state index in [2.05, 4.69) is 55.6 Å². The van der Waals surface area contributed by atoms with Crippen LogP contribution >= 0.6 is 7.82 Å². The molecule has 0 aliphatic carbocycles. The van der Waals surface area contributed by atoms with Crippen molar-refractivity contribution in [3.8, 4) is 0 Å². The Labute approximate surface area is 403 Å². The Kier molecular flexibility index (Phi) is 46.4. The van der Waals surface area contributed by atoms with E-state index in [0.717, 1.165) is 44.9 Å². The Bertz CT molecular complexity index is 1200. The molecule has 0 saturated heterocycles. The predicted molar refractivity (Wildman–Crippen MR) is 279 cm³/mol. The SMILES string of the molecule is CCCCCCCC/C=C\CCCCCCCCCC(=O)NC(COP(=O)([O-])OCC[N+](C)(C)C)C(O)/C=C/CC/C=C/CC/C=C/CCCCCCCCCCCCCCCCCC. The van der Waals surface area contributed by atoms with E-state index in [9.17, 15) is 19.4 Å². The minimum absolute atomic E-state index is 0.0104. The second kappa shape index (κ2) is 47.5. The fourth-order valence-electron chi connectivity index (χ4n) is 7.89. The zero-order valence-electron chi connectivity index (χ0n) is 43.4. The van der Waals surface area contributed by atoms with E-state index >= 15 is 0 Å². The molecule has 8 nitrogen and oxygen atoms in total. The number of nitrogens with one attached hydrogen (secondary N) is 1. The maximum Gasteiger partial charge on any atom is 0.268 e. The smallest absolute Gasteiger partial charge is 0.268 e. The molecular formula is C56H107N2O6P. The van der Waals surface area contributed by atoms with Gasteiger partial charge in [0.1, 0.15) is 13.2 Å². The average molecular weight is 935 g/mol. The van der Waals surface area contributed by atoms with Gasteiger partial charge < -0.3 is 28.8 Å². The summed E-state index contributed by atoms with van der Waals surface area (Å²) in [5.41, 5.74) is 0. The van der Waals surface area contributed by atoms with Gasteiger partial charge in [-0.3, -0.25) is 9.36 Å². The first-order valence-corrected chi connectivity index (χ1v) is 29.0. The number of carbonyl (C=O) groups excluding carboxylic acids is 1. The number of allylic oxidation sites excluding steroid dienone is 7. The molecule has 0 radical (unpaired) electrons. The summed E-state index contributed by atoms with van der Waals surface area (Å²) in [5.74, 6) is -0.215. The molecule has 0 fully saturated rings. The quantitative estimate of drug-likeness (QED) is 0.0272. The number of likely N-dealkylation sites (N-methyl/N-ethyl adjacent to an activating group) is 1. The lowest BCUT2D eigenvalue weighted by Crippen LogP contribution is -2.45. The number of quaternary nitrogens is 1. The molecular weight excluding hydrogens is 828 g/mol. The highest BCUT2D eigenvalue weighted by Crippen LogP contribution is 2.38. The molecule has 0 aliphatic rings. The number of rotatable bonds is 50. The van der Waals surface area contributed by atoms with Crippen LogP contribution in [-0.4, -0.2) is 68.5 Å². The molecule has 3 atom stereocenters. The zero-order chi connectivity index (χ0) is 47.8. The Hall–Kier alpha value is -1.54. The van der Waals surface area contributed by atoms with Crippen LogP contribution < -0.4 is 10.2 Å². The maximum absolute atomic E-state index is 12.9. The molecule has 0 aromatic heterocycles. The lowest BCUT2D eigenvalue weighted by molar-refractivity contribution is -0.870. The molecule has 65 heavy (non-hydrogen) atoms. The highest BCUT2D eigenvalue weighted by Gasteiger charge is 2.23. The van der Waals surface area contributed by atoms with E-state index in [4.69, 9.17) is 9.05 Å². The van der Waals surface area contributed by atoms with E-state index in [1.165, 1.54) is 186 Å². The standard InChI is InChI=1S/C56H107N2O6P/c1-6-8-10-12-14-16-18-20-22-24-25-26-27-28-29-30-31-32-34-35-37-39-41-43-45-47-49-55(59)54(53-64-65(61,62)63-52-51-58(3,4)5)57-56(60)50-48-46-44-42-40-38-36-33-23-21-19-17-15-13-11-9-7-2/h21,23,32,34,39,41,47,49,54-55,59H,6-20,22,24-31,33,35-38,40,42-46,48,50-53H2,1-5H3,(H-,57,60,61,62)/b23-21-,34-32+,41-39+,49-47+. The first kappa shape index (κ1) is 63.5. The normalized spacial score (nSPS) is 14.4. The summed E-state index contributed by atoms with van der Waals surface area (Å²) in [4.78, 5) is 25.4. The highest BCUT2D eigenvalue weighted by atomic mass is 31.2. The van der Waals surface area contributed by atoms with Crippen molar-refractivity contribution in [3.63, 3.8) is 0 Å². The van der Waals surface area contributed by atoms with Crippen LogP contribution in [0.3, 0.4) is 0 Å². The first-order valence-electron chi connectivity index (χ1n) is 27.5. The van der Waals surface area contributed by atoms with Crippen LogP contribution in [-0.2, 0) is 18.4 Å². The van der Waals surface area contributed by atoms with Crippen molar-refractivity contribution in [2.75, 3.05) is 40.9 Å². The van der Waals surface area contributed by atoms with E-state index in [-0.39, 0.29) is 12.5 Å². The molecule has 1 amide bonds. The van der Waals surface area contributed by atoms with Crippen LogP contribution in [0.2, 0.25) is 0 Å². The van der Waals surface area contributed by atoms with Crippen LogP contribution in [0.25, 0.3) is 0 Å². The fourth-order valence-corrected chi connectivity index (χ4v) is 8.61. The minimum atomic E-state index is -4.61. The Morgan fingerprint density at radius 3 is 1.25 bits per heavy atom. The van der Waals surface area contributed by atoms with Crippen molar-refractivity contribution in [2.24, 2.45) is 0 Å². The van der Waals surface area contributed by atoms with Crippen LogP contribution in [0, 0.1) is 0 Å². The van der Waals surface area contributed by atoms with Crippen molar-refractivity contribution in [3.05, 3.63) is 48.6 Å². The summed E-state index contributed by atoms with van der Waals surface area (Å²) in [6, 6.07) is -0.913. The molecule has 9 heteroatoms. The number of hydrogen-bond acceptors (Lipinski definition) is 6. The number of aliphatic hydroxyl groups excluding tert-OH is 1. The van der Waals surface area contributed by atoms with Gasteiger partial charge in [-0.05, 0) is 70.6 Å². The maximum atomic E-state index is 12.9. The molecule has 0 spiro atoms. The first-order chi connectivity index (χ1) is 31.5. The van der Waals surface area contributed by atoms with Gasteiger partial charge in [0, 0.05) is 6.42 Å². The van der Waals surface area contributed by atoms with Crippen molar-refractivity contribution < 1.29 is 32.9 Å². The predicted octanol–water partition coefficient (Wildman–Crippen LogP) is 15.7. The number of amides is 1. The monoisotopic (exact) mass is 935 g/mol. The van der Waals surface area contributed by atoms with Gasteiger partial charge in [0.05, 0.1) is 39.9 Å². The Morgan fingerprint density at radius 1 is 0.523 bits per heavy atom. The molecule has 2 N–H and O–H groups in total. The van der Waals surface area contributed by atoms with E-state index < -0.39 is 26.6 Å². The second-order valence-electron chi connectivity index (χ2n) is 19.9. The molecule has 0 rings (SSSR count). The topological polar surface area (TPSA) is 108 Å². The van der Waals surface area contributed by atoms with Gasteiger partial charge in [-0.2, -0.15) is 0 Å². The molecule has 3 unspecified atom stereocenters. The Morgan fingerprint density at radius 2 is 0.862 bits per heavy atom. The third-order valence-electron chi connectivity index (χ3n) is 12.2. The second-order valence-corrected chi connectivity index (χ2v) is 21.3. The summed E-state index contributed by atoms with van der Waals surface area (Å²) in [6.07, 6.45) is 61.9. The van der Waals surface area contributed by atoms with Gasteiger partial charge in [0.25, 0.3) is 7.82 Å². The van der Waals surface area contributed by atoms with Crippen molar-refractivity contribution in [2.45, 2.75) is 264 Å². The van der Waals surface area contributed by atoms with Gasteiger partial charge in [0.2, 0.25) is 5.91 Å². The molecule has 0 bridgehead atoms. The number of unbranched alkanes of at least 4 members (excludes halogenated alkanes) is 31. The van der Waals surface area contributed by atoms with Crippen molar-refractivity contribution in [1.82, 2.24) is 5.32 Å². The van der Waals surface area contributed by atoms with Crippen molar-refractivity contribution >= 4 is 13.7 Å². The largest absolute Gasteiger partial charge is 0.756 e. The molecule has 0 saturated carbocycles. The fraction of sp³-hybridized carbons (Fsp3) is 0.839. The highest BCUT2D eigenvalue weighted by molar-refractivity contribution is 7.45. The van der Waals surface area contributed by atoms with Crippen LogP contribution in [0.5, 0.6) is 0 Å². The number of phosphoric acid groups is 1. The van der Waals surface area contributed by atoms with E-state index in [0.29, 0.717) is 17.4 Å². The lowest BCUT2D eigenvalue weighted by Gasteiger charge is -2.29.